The second-order valence-electron chi connectivity index (χ2n) is 5.64. The third-order valence-corrected chi connectivity index (χ3v) is 4.37. The zero-order chi connectivity index (χ0) is 13.4. The van der Waals surface area contributed by atoms with Gasteiger partial charge in [-0.05, 0) is 49.6 Å². The first kappa shape index (κ1) is 12.4. The third-order valence-electron chi connectivity index (χ3n) is 4.37. The van der Waals surface area contributed by atoms with Gasteiger partial charge in [0.2, 0.25) is 0 Å². The van der Waals surface area contributed by atoms with Crippen LogP contribution in [0.1, 0.15) is 39.8 Å². The highest BCUT2D eigenvalue weighted by atomic mass is 14.9. The van der Waals surface area contributed by atoms with Crippen LogP contribution in [-0.4, -0.2) is 7.05 Å². The maximum atomic E-state index is 3.52. The van der Waals surface area contributed by atoms with Crippen LogP contribution < -0.4 is 5.32 Å². The minimum absolute atomic E-state index is 0.426. The molecule has 98 valence electrons. The molecular weight excluding hydrogens is 230 g/mol. The fraction of sp³-hybridized carbons (Fsp3) is 0.333. The van der Waals surface area contributed by atoms with E-state index in [4.69, 9.17) is 0 Å². The molecule has 0 amide bonds. The van der Waals surface area contributed by atoms with Gasteiger partial charge < -0.3 is 5.32 Å². The van der Waals surface area contributed by atoms with Crippen LogP contribution in [0.4, 0.5) is 0 Å². The highest BCUT2D eigenvalue weighted by Gasteiger charge is 2.33. The minimum atomic E-state index is 0.426. The first-order valence-electron chi connectivity index (χ1n) is 7.03. The molecule has 0 aliphatic heterocycles. The number of nitrogens with one attached hydrogen (secondary N) is 1. The zero-order valence-electron chi connectivity index (χ0n) is 11.9. The summed E-state index contributed by atoms with van der Waals surface area (Å²) in [6, 6.07) is 16.0. The number of benzene rings is 2. The lowest BCUT2D eigenvalue weighted by Crippen LogP contribution is -2.31. The van der Waals surface area contributed by atoms with E-state index < -0.39 is 0 Å². The molecule has 1 heteroatoms. The Bertz CT molecular complexity index is 600. The first-order valence-corrected chi connectivity index (χ1v) is 7.03. The van der Waals surface area contributed by atoms with Gasteiger partial charge in [-0.15, -0.1) is 0 Å². The molecule has 1 aliphatic carbocycles. The van der Waals surface area contributed by atoms with Crippen molar-refractivity contribution in [3.05, 3.63) is 70.3 Å². The van der Waals surface area contributed by atoms with Crippen molar-refractivity contribution in [3.63, 3.8) is 0 Å². The summed E-state index contributed by atoms with van der Waals surface area (Å²) < 4.78 is 0. The summed E-state index contributed by atoms with van der Waals surface area (Å²) in [5.74, 6) is 0.614. The number of hydrogen-bond acceptors (Lipinski definition) is 1. The predicted octanol–water partition coefficient (Wildman–Crippen LogP) is 3.90. The second kappa shape index (κ2) is 4.82. The van der Waals surface area contributed by atoms with Gasteiger partial charge >= 0.3 is 0 Å². The quantitative estimate of drug-likeness (QED) is 0.872. The fourth-order valence-corrected chi connectivity index (χ4v) is 3.34. The third kappa shape index (κ3) is 2.08. The van der Waals surface area contributed by atoms with Crippen LogP contribution in [0.3, 0.4) is 0 Å². The molecule has 0 fully saturated rings. The van der Waals surface area contributed by atoms with Gasteiger partial charge in [0.05, 0.1) is 0 Å². The fourth-order valence-electron chi connectivity index (χ4n) is 3.34. The Balaban J connectivity index is 1.95. The van der Waals surface area contributed by atoms with E-state index >= 15 is 0 Å². The second-order valence-corrected chi connectivity index (χ2v) is 5.64. The average molecular weight is 251 g/mol. The van der Waals surface area contributed by atoms with Crippen molar-refractivity contribution in [2.24, 2.45) is 0 Å². The molecule has 0 aromatic heterocycles. The van der Waals surface area contributed by atoms with E-state index in [2.05, 4.69) is 68.7 Å². The molecule has 1 N–H and O–H groups in total. The zero-order valence-corrected chi connectivity index (χ0v) is 11.9. The Morgan fingerprint density at radius 3 is 2.58 bits per heavy atom. The molecule has 3 rings (SSSR count). The summed E-state index contributed by atoms with van der Waals surface area (Å²) in [4.78, 5) is 0. The molecule has 19 heavy (non-hydrogen) atoms. The van der Waals surface area contributed by atoms with Gasteiger partial charge in [0.25, 0.3) is 0 Å². The highest BCUT2D eigenvalue weighted by molar-refractivity contribution is 5.44. The maximum Gasteiger partial charge on any atom is 0.0393 e. The van der Waals surface area contributed by atoms with Gasteiger partial charge in [-0.2, -0.15) is 0 Å². The van der Waals surface area contributed by atoms with Gasteiger partial charge in [0.15, 0.2) is 0 Å². The van der Waals surface area contributed by atoms with Gasteiger partial charge in [0, 0.05) is 12.0 Å². The van der Waals surface area contributed by atoms with Gasteiger partial charge in [-0.25, -0.2) is 0 Å². The van der Waals surface area contributed by atoms with E-state index in [0.717, 1.165) is 0 Å². The van der Waals surface area contributed by atoms with Crippen LogP contribution in [0.2, 0.25) is 0 Å². The van der Waals surface area contributed by atoms with Crippen LogP contribution >= 0.6 is 0 Å². The molecular formula is C18H21N. The van der Waals surface area contributed by atoms with Crippen molar-refractivity contribution in [2.75, 3.05) is 7.05 Å². The molecule has 2 unspecified atom stereocenters. The molecule has 2 aromatic carbocycles. The normalized spacial score (nSPS) is 18.6. The maximum absolute atomic E-state index is 3.52. The molecule has 2 atom stereocenters. The number of likely N-dealkylation sites (N-methyl/N-ethyl adjacent to an activating group) is 1. The van der Waals surface area contributed by atoms with Crippen molar-refractivity contribution in [1.82, 2.24) is 5.32 Å². The largest absolute Gasteiger partial charge is 0.312 e. The molecule has 0 bridgehead atoms. The molecule has 0 spiro atoms. The predicted molar refractivity (Wildman–Crippen MR) is 80.6 cm³/mol. The summed E-state index contributed by atoms with van der Waals surface area (Å²) in [6.45, 7) is 4.38. The van der Waals surface area contributed by atoms with Crippen LogP contribution in [0, 0.1) is 13.8 Å². The van der Waals surface area contributed by atoms with Crippen molar-refractivity contribution in [3.8, 4) is 0 Å². The van der Waals surface area contributed by atoms with Gasteiger partial charge in [0.1, 0.15) is 0 Å². The summed E-state index contributed by atoms with van der Waals surface area (Å²) in [5, 5.41) is 3.52. The first-order chi connectivity index (χ1) is 9.20. The number of hydrogen-bond donors (Lipinski definition) is 1. The van der Waals surface area contributed by atoms with Crippen LogP contribution in [0.15, 0.2) is 42.5 Å². The molecule has 1 nitrogen and oxygen atoms in total. The minimum Gasteiger partial charge on any atom is -0.312 e. The molecule has 0 radical (unpaired) electrons. The number of rotatable bonds is 3. The van der Waals surface area contributed by atoms with Crippen LogP contribution in [0.5, 0.6) is 0 Å². The van der Waals surface area contributed by atoms with E-state index in [1.165, 1.54) is 34.2 Å². The summed E-state index contributed by atoms with van der Waals surface area (Å²) in [5.41, 5.74) is 7.20. The smallest absolute Gasteiger partial charge is 0.0393 e. The van der Waals surface area contributed by atoms with E-state index in [1.807, 2.05) is 0 Å². The summed E-state index contributed by atoms with van der Waals surface area (Å²) >= 11 is 0. The Morgan fingerprint density at radius 1 is 1.11 bits per heavy atom. The lowest BCUT2D eigenvalue weighted by Gasteiger charge is -2.37. The van der Waals surface area contributed by atoms with Crippen LogP contribution in [0.25, 0.3) is 0 Å². The average Bonchev–Trinajstić information content (AvgIpc) is 2.37. The van der Waals surface area contributed by atoms with E-state index in [1.54, 1.807) is 0 Å². The topological polar surface area (TPSA) is 12.0 Å². The standard InChI is InChI=1S/C18H21N/c1-12-8-9-15(13(2)10-12)18(19-3)17-11-14-6-4-5-7-16(14)17/h4-10,17-19H,11H2,1-3H3. The molecule has 0 heterocycles. The SMILES string of the molecule is CNC(c1ccc(C)cc1C)C1Cc2ccccc21. The van der Waals surface area contributed by atoms with Crippen LogP contribution in [-0.2, 0) is 6.42 Å². The number of aryl methyl sites for hydroxylation is 2. The Morgan fingerprint density at radius 2 is 1.89 bits per heavy atom. The Hall–Kier alpha value is -1.60. The summed E-state index contributed by atoms with van der Waals surface area (Å²) in [6.07, 6.45) is 1.19. The van der Waals surface area contributed by atoms with Crippen molar-refractivity contribution >= 4 is 0 Å². The lowest BCUT2D eigenvalue weighted by atomic mass is 9.71. The summed E-state index contributed by atoms with van der Waals surface area (Å²) in [7, 11) is 2.07. The molecule has 2 aromatic rings. The monoisotopic (exact) mass is 251 g/mol. The van der Waals surface area contributed by atoms with E-state index in [0.29, 0.717) is 12.0 Å². The molecule has 0 saturated heterocycles. The lowest BCUT2D eigenvalue weighted by molar-refractivity contribution is 0.437. The highest BCUT2D eigenvalue weighted by Crippen LogP contribution is 2.43. The van der Waals surface area contributed by atoms with Gasteiger partial charge in [-0.1, -0.05) is 48.0 Å². The van der Waals surface area contributed by atoms with Crippen molar-refractivity contribution < 1.29 is 0 Å². The van der Waals surface area contributed by atoms with Crippen molar-refractivity contribution in [1.29, 1.82) is 0 Å². The van der Waals surface area contributed by atoms with Gasteiger partial charge in [-0.3, -0.25) is 0 Å². The van der Waals surface area contributed by atoms with E-state index in [9.17, 15) is 0 Å². The van der Waals surface area contributed by atoms with E-state index in [-0.39, 0.29) is 0 Å². The molecule has 0 saturated carbocycles. The molecule has 1 aliphatic rings. The Labute approximate surface area is 115 Å². The number of fused-ring (bicyclic) bond motifs is 1. The van der Waals surface area contributed by atoms with Crippen molar-refractivity contribution in [2.45, 2.75) is 32.2 Å². The Kier molecular flexibility index (Phi) is 3.16.